The lowest BCUT2D eigenvalue weighted by molar-refractivity contribution is -0.870. The van der Waals surface area contributed by atoms with Crippen molar-refractivity contribution in [2.45, 2.75) is 180 Å². The van der Waals surface area contributed by atoms with Crippen LogP contribution in [0.25, 0.3) is 0 Å². The van der Waals surface area contributed by atoms with Crippen LogP contribution in [-0.4, -0.2) is 68.5 Å². The minimum absolute atomic E-state index is 0.00832. The predicted molar refractivity (Wildman–Crippen MR) is 210 cm³/mol. The number of phosphoric acid groups is 1. The van der Waals surface area contributed by atoms with Gasteiger partial charge in [-0.2, -0.15) is 0 Å². The summed E-state index contributed by atoms with van der Waals surface area (Å²) in [6.07, 6.45) is 39.1. The summed E-state index contributed by atoms with van der Waals surface area (Å²) in [7, 11) is 1.23. The average molecular weight is 727 g/mol. The fraction of sp³-hybridized carbons (Fsp3) is 0.829. The highest BCUT2D eigenvalue weighted by atomic mass is 31.2. The standard InChI is InChI=1S/C41H79N2O6P/c1-6-8-10-12-14-16-18-19-20-21-22-23-25-27-29-31-33-35-41(45)42-39(38-49-50(46,47)48-37-36-43(3,4)5)40(44)34-32-30-28-26-24-17-15-13-11-9-7-2/h11,13,24,26,32,34,39-40,44H,6-10,12,14-23,25,27-31,33,35-38H2,1-5H3,(H-,42,45,46,47)/b13-11+,26-24+,34-32+. The molecule has 0 aromatic rings. The molecule has 0 spiro atoms. The lowest BCUT2D eigenvalue weighted by Crippen LogP contribution is -2.45. The van der Waals surface area contributed by atoms with Crippen LogP contribution in [0, 0.1) is 0 Å². The van der Waals surface area contributed by atoms with Gasteiger partial charge in [0, 0.05) is 6.42 Å². The second kappa shape index (κ2) is 33.5. The lowest BCUT2D eigenvalue weighted by atomic mass is 10.0. The molecule has 0 saturated heterocycles. The van der Waals surface area contributed by atoms with E-state index in [-0.39, 0.29) is 12.5 Å². The number of allylic oxidation sites excluding steroid dienone is 5. The van der Waals surface area contributed by atoms with Crippen molar-refractivity contribution in [2.75, 3.05) is 40.9 Å². The molecule has 1 amide bonds. The minimum Gasteiger partial charge on any atom is -0.756 e. The van der Waals surface area contributed by atoms with Crippen LogP contribution in [0.15, 0.2) is 36.5 Å². The number of carbonyl (C=O) groups excluding carboxylic acids is 1. The molecule has 3 unspecified atom stereocenters. The molecule has 0 aliphatic heterocycles. The molecule has 0 saturated carbocycles. The van der Waals surface area contributed by atoms with Crippen molar-refractivity contribution < 1.29 is 32.9 Å². The highest BCUT2D eigenvalue weighted by molar-refractivity contribution is 7.45. The Bertz CT molecular complexity index is 917. The number of amides is 1. The summed E-state index contributed by atoms with van der Waals surface area (Å²) in [6.45, 7) is 4.53. The maximum absolute atomic E-state index is 12.8. The summed E-state index contributed by atoms with van der Waals surface area (Å²) < 4.78 is 23.1. The van der Waals surface area contributed by atoms with Crippen molar-refractivity contribution in [1.82, 2.24) is 5.32 Å². The molecule has 0 aromatic carbocycles. The van der Waals surface area contributed by atoms with E-state index in [0.717, 1.165) is 51.4 Å². The van der Waals surface area contributed by atoms with E-state index in [9.17, 15) is 19.4 Å². The second-order valence-electron chi connectivity index (χ2n) is 15.0. The first-order valence-electron chi connectivity index (χ1n) is 20.4. The molecule has 0 heterocycles. The summed E-state index contributed by atoms with van der Waals surface area (Å²) in [5, 5.41) is 13.7. The molecular weight excluding hydrogens is 647 g/mol. The number of quaternary nitrogens is 1. The van der Waals surface area contributed by atoms with E-state index in [4.69, 9.17) is 9.05 Å². The highest BCUT2D eigenvalue weighted by Gasteiger charge is 2.23. The first-order valence-corrected chi connectivity index (χ1v) is 21.8. The maximum Gasteiger partial charge on any atom is 0.268 e. The fourth-order valence-electron chi connectivity index (χ4n) is 5.54. The van der Waals surface area contributed by atoms with Crippen LogP contribution in [0.5, 0.6) is 0 Å². The summed E-state index contributed by atoms with van der Waals surface area (Å²) in [4.78, 5) is 25.2. The first-order chi connectivity index (χ1) is 24.0. The Kier molecular flexibility index (Phi) is 32.7. The summed E-state index contributed by atoms with van der Waals surface area (Å²) in [5.41, 5.74) is 0. The molecule has 2 N–H and O–H groups in total. The van der Waals surface area contributed by atoms with Crippen molar-refractivity contribution in [3.05, 3.63) is 36.5 Å². The number of hydrogen-bond acceptors (Lipinski definition) is 6. The smallest absolute Gasteiger partial charge is 0.268 e. The average Bonchev–Trinajstić information content (AvgIpc) is 3.06. The molecular formula is C41H79N2O6P. The van der Waals surface area contributed by atoms with Gasteiger partial charge in [0.05, 0.1) is 39.9 Å². The van der Waals surface area contributed by atoms with Crippen molar-refractivity contribution in [1.29, 1.82) is 0 Å². The van der Waals surface area contributed by atoms with E-state index in [1.165, 1.54) is 96.3 Å². The van der Waals surface area contributed by atoms with Crippen LogP contribution in [0.2, 0.25) is 0 Å². The number of likely N-dealkylation sites (N-methyl/N-ethyl adjacent to an activating group) is 1. The number of carbonyl (C=O) groups is 1. The molecule has 0 aliphatic rings. The molecule has 9 heteroatoms. The predicted octanol–water partition coefficient (Wildman–Crippen LogP) is 10.1. The molecule has 0 bridgehead atoms. The Hall–Kier alpha value is -1.28. The molecule has 8 nitrogen and oxygen atoms in total. The minimum atomic E-state index is -4.59. The van der Waals surface area contributed by atoms with E-state index in [1.807, 2.05) is 27.2 Å². The van der Waals surface area contributed by atoms with Gasteiger partial charge >= 0.3 is 0 Å². The normalized spacial score (nSPS) is 14.9. The largest absolute Gasteiger partial charge is 0.756 e. The number of nitrogens with zero attached hydrogens (tertiary/aromatic N) is 1. The lowest BCUT2D eigenvalue weighted by Gasteiger charge is -2.29. The van der Waals surface area contributed by atoms with Gasteiger partial charge in [-0.3, -0.25) is 9.36 Å². The molecule has 0 aliphatic carbocycles. The highest BCUT2D eigenvalue weighted by Crippen LogP contribution is 2.38. The quantitative estimate of drug-likeness (QED) is 0.0288. The van der Waals surface area contributed by atoms with Gasteiger partial charge in [0.15, 0.2) is 0 Å². The zero-order valence-corrected chi connectivity index (χ0v) is 34.0. The summed E-state index contributed by atoms with van der Waals surface area (Å²) in [6, 6.07) is -0.903. The van der Waals surface area contributed by atoms with E-state index in [2.05, 4.69) is 43.5 Å². The van der Waals surface area contributed by atoms with Crippen LogP contribution >= 0.6 is 7.82 Å². The second-order valence-corrected chi connectivity index (χ2v) is 16.4. The van der Waals surface area contributed by atoms with Crippen LogP contribution in [-0.2, 0) is 18.4 Å². The number of aliphatic hydroxyl groups excluding tert-OH is 1. The first kappa shape index (κ1) is 48.7. The Morgan fingerprint density at radius 2 is 1.12 bits per heavy atom. The van der Waals surface area contributed by atoms with Gasteiger partial charge in [0.25, 0.3) is 7.82 Å². The SMILES string of the molecule is CCC/C=C/CC/C=C/CC/C=C/C(O)C(COP(=O)([O-])OCC[N+](C)(C)C)NC(=O)CCCCCCCCCCCCCCCCCCC. The van der Waals surface area contributed by atoms with Gasteiger partial charge < -0.3 is 28.8 Å². The van der Waals surface area contributed by atoms with Crippen LogP contribution in [0.1, 0.15) is 168 Å². The van der Waals surface area contributed by atoms with Crippen LogP contribution in [0.3, 0.4) is 0 Å². The monoisotopic (exact) mass is 727 g/mol. The van der Waals surface area contributed by atoms with E-state index < -0.39 is 26.6 Å². The Labute approximate surface area is 308 Å². The van der Waals surface area contributed by atoms with Crippen LogP contribution in [0.4, 0.5) is 0 Å². The zero-order valence-electron chi connectivity index (χ0n) is 33.1. The zero-order chi connectivity index (χ0) is 37.2. The van der Waals surface area contributed by atoms with Gasteiger partial charge in [0.2, 0.25) is 5.91 Å². The number of hydrogen-bond donors (Lipinski definition) is 2. The number of nitrogens with one attached hydrogen (secondary N) is 1. The topological polar surface area (TPSA) is 108 Å². The van der Waals surface area contributed by atoms with Gasteiger partial charge in [0.1, 0.15) is 13.2 Å². The number of phosphoric ester groups is 1. The molecule has 0 rings (SSSR count). The van der Waals surface area contributed by atoms with Gasteiger partial charge in [-0.1, -0.05) is 159 Å². The fourth-order valence-corrected chi connectivity index (χ4v) is 6.27. The number of rotatable bonds is 36. The van der Waals surface area contributed by atoms with Crippen molar-refractivity contribution in [3.63, 3.8) is 0 Å². The number of unbranched alkanes of at least 4 members (excludes halogenated alkanes) is 19. The third-order valence-electron chi connectivity index (χ3n) is 8.81. The molecule has 0 radical (unpaired) electrons. The Morgan fingerprint density at radius 1 is 0.680 bits per heavy atom. The third-order valence-corrected chi connectivity index (χ3v) is 9.78. The van der Waals surface area contributed by atoms with Gasteiger partial charge in [-0.15, -0.1) is 0 Å². The molecule has 50 heavy (non-hydrogen) atoms. The third kappa shape index (κ3) is 35.1. The Balaban J connectivity index is 4.46. The van der Waals surface area contributed by atoms with E-state index in [1.54, 1.807) is 6.08 Å². The van der Waals surface area contributed by atoms with Crippen molar-refractivity contribution in [2.24, 2.45) is 0 Å². The van der Waals surface area contributed by atoms with Gasteiger partial charge in [-0.25, -0.2) is 0 Å². The van der Waals surface area contributed by atoms with Crippen molar-refractivity contribution in [3.8, 4) is 0 Å². The van der Waals surface area contributed by atoms with Crippen molar-refractivity contribution >= 4 is 13.7 Å². The number of aliphatic hydroxyl groups is 1. The molecule has 294 valence electrons. The van der Waals surface area contributed by atoms with Crippen LogP contribution < -0.4 is 10.2 Å². The maximum atomic E-state index is 12.8. The van der Waals surface area contributed by atoms with Gasteiger partial charge in [-0.05, 0) is 38.5 Å². The van der Waals surface area contributed by atoms with E-state index >= 15 is 0 Å². The summed E-state index contributed by atoms with van der Waals surface area (Å²) >= 11 is 0. The molecule has 3 atom stereocenters. The van der Waals surface area contributed by atoms with E-state index in [0.29, 0.717) is 17.4 Å². The summed E-state index contributed by atoms with van der Waals surface area (Å²) in [5.74, 6) is -0.213. The molecule has 0 aromatic heterocycles. The molecule has 0 fully saturated rings. The Morgan fingerprint density at radius 3 is 1.58 bits per heavy atom.